The van der Waals surface area contributed by atoms with E-state index in [1.807, 2.05) is 6.92 Å². The number of hydrogen-bond acceptors (Lipinski definition) is 6. The Morgan fingerprint density at radius 1 is 1.03 bits per heavy atom. The summed E-state index contributed by atoms with van der Waals surface area (Å²) in [6.07, 6.45) is 0. The number of ether oxygens (including phenoxy) is 2. The van der Waals surface area contributed by atoms with Crippen LogP contribution in [0.15, 0.2) is 60.7 Å². The van der Waals surface area contributed by atoms with Crippen molar-refractivity contribution < 1.29 is 24.2 Å². The number of nitrogens with one attached hydrogen (secondary N) is 3. The number of carbonyl (C=O) groups excluding carboxylic acids is 1. The molecule has 6 N–H and O–H groups in total. The Morgan fingerprint density at radius 3 is 2.40 bits per heavy atom. The smallest absolute Gasteiger partial charge is 0.341 e. The molecule has 0 aromatic heterocycles. The van der Waals surface area contributed by atoms with E-state index in [-0.39, 0.29) is 18.3 Å². The maximum atomic E-state index is 12.8. The van der Waals surface area contributed by atoms with Crippen LogP contribution in [0.2, 0.25) is 5.02 Å². The normalized spacial score (nSPS) is 10.3. The average molecular weight is 497 g/mol. The first-order valence-electron chi connectivity index (χ1n) is 10.7. The molecule has 10 heteroatoms. The Bertz CT molecular complexity index is 1230. The number of amidine groups is 1. The van der Waals surface area contributed by atoms with Crippen LogP contribution in [-0.2, 0) is 11.3 Å². The number of hydrogen-bond donors (Lipinski definition) is 5. The predicted molar refractivity (Wildman–Crippen MR) is 135 cm³/mol. The van der Waals surface area contributed by atoms with Crippen LogP contribution in [0.1, 0.15) is 28.4 Å². The molecule has 0 bridgehead atoms. The fraction of sp³-hybridized carbons (Fsp3) is 0.160. The topological polar surface area (TPSA) is 147 Å². The largest absolute Gasteiger partial charge is 0.490 e. The van der Waals surface area contributed by atoms with Gasteiger partial charge in [0.15, 0.2) is 18.1 Å². The number of halogens is 1. The van der Waals surface area contributed by atoms with Crippen LogP contribution >= 0.6 is 11.6 Å². The molecule has 0 aliphatic rings. The van der Waals surface area contributed by atoms with E-state index in [1.165, 1.54) is 0 Å². The number of carboxylic acid groups (broad SMARTS) is 1. The minimum absolute atomic E-state index is 0.0848. The van der Waals surface area contributed by atoms with Gasteiger partial charge < -0.3 is 30.9 Å². The summed E-state index contributed by atoms with van der Waals surface area (Å²) in [4.78, 5) is 23.8. The van der Waals surface area contributed by atoms with Crippen LogP contribution in [-0.4, -0.2) is 36.0 Å². The van der Waals surface area contributed by atoms with Gasteiger partial charge in [-0.15, -0.1) is 0 Å². The minimum atomic E-state index is -1.10. The number of nitrogens with two attached hydrogens (primary N) is 1. The van der Waals surface area contributed by atoms with E-state index in [0.29, 0.717) is 51.2 Å². The quantitative estimate of drug-likeness (QED) is 0.196. The van der Waals surface area contributed by atoms with Gasteiger partial charge in [0.05, 0.1) is 18.0 Å². The fourth-order valence-corrected chi connectivity index (χ4v) is 3.40. The monoisotopic (exact) mass is 496 g/mol. The van der Waals surface area contributed by atoms with Gasteiger partial charge in [-0.3, -0.25) is 10.2 Å². The van der Waals surface area contributed by atoms with Gasteiger partial charge in [0.1, 0.15) is 5.84 Å². The Balaban J connectivity index is 1.81. The van der Waals surface area contributed by atoms with Crippen molar-refractivity contribution in [2.24, 2.45) is 5.73 Å². The highest BCUT2D eigenvalue weighted by Crippen LogP contribution is 2.33. The predicted octanol–water partition coefficient (Wildman–Crippen LogP) is 4.35. The van der Waals surface area contributed by atoms with Crippen LogP contribution in [0.25, 0.3) is 0 Å². The zero-order valence-corrected chi connectivity index (χ0v) is 19.7. The maximum Gasteiger partial charge on any atom is 0.341 e. The Kier molecular flexibility index (Phi) is 8.53. The molecule has 3 aromatic rings. The molecule has 0 spiro atoms. The SMILES string of the molecule is CCOc1cccc(CNc2ccc(Cl)cc2NC(=O)c2ccc(C(=N)N)cc2)c1OCC(=O)O. The van der Waals surface area contributed by atoms with Gasteiger partial charge in [-0.25, -0.2) is 4.79 Å². The summed E-state index contributed by atoms with van der Waals surface area (Å²) < 4.78 is 11.1. The second-order valence-electron chi connectivity index (χ2n) is 7.35. The van der Waals surface area contributed by atoms with Gasteiger partial charge >= 0.3 is 5.97 Å². The van der Waals surface area contributed by atoms with Crippen LogP contribution in [0.5, 0.6) is 11.5 Å². The molecule has 3 rings (SSSR count). The van der Waals surface area contributed by atoms with Gasteiger partial charge in [-0.2, -0.15) is 0 Å². The summed E-state index contributed by atoms with van der Waals surface area (Å²) in [5.41, 5.74) is 8.08. The van der Waals surface area contributed by atoms with Gasteiger partial charge in [-0.1, -0.05) is 35.9 Å². The lowest BCUT2D eigenvalue weighted by molar-refractivity contribution is -0.139. The van der Waals surface area contributed by atoms with Crippen molar-refractivity contribution in [2.75, 3.05) is 23.8 Å². The fourth-order valence-electron chi connectivity index (χ4n) is 3.23. The van der Waals surface area contributed by atoms with Crippen molar-refractivity contribution in [1.82, 2.24) is 0 Å². The maximum absolute atomic E-state index is 12.8. The zero-order chi connectivity index (χ0) is 25.4. The van der Waals surface area contributed by atoms with Gasteiger partial charge in [0, 0.05) is 28.3 Å². The first kappa shape index (κ1) is 25.4. The molecule has 0 saturated heterocycles. The van der Waals surface area contributed by atoms with E-state index in [4.69, 9.17) is 37.3 Å². The molecule has 0 saturated carbocycles. The van der Waals surface area contributed by atoms with E-state index >= 15 is 0 Å². The summed E-state index contributed by atoms with van der Waals surface area (Å²) in [6.45, 7) is 1.96. The third-order valence-corrected chi connectivity index (χ3v) is 5.09. The minimum Gasteiger partial charge on any atom is -0.490 e. The highest BCUT2D eigenvalue weighted by Gasteiger charge is 2.15. The highest BCUT2D eigenvalue weighted by atomic mass is 35.5. The standard InChI is InChI=1S/C25H25ClN4O5/c1-2-34-21-5-3-4-17(23(21)35-14-22(31)32)13-29-19-11-10-18(26)12-20(19)30-25(33)16-8-6-15(7-9-16)24(27)28/h3-12,29H,2,13-14H2,1H3,(H3,27,28)(H,30,33)(H,31,32). The first-order chi connectivity index (χ1) is 16.8. The van der Waals surface area contributed by atoms with E-state index in [9.17, 15) is 9.59 Å². The number of amides is 1. The van der Waals surface area contributed by atoms with Crippen LogP contribution in [0.4, 0.5) is 11.4 Å². The van der Waals surface area contributed by atoms with Crippen LogP contribution in [0.3, 0.4) is 0 Å². The molecule has 0 aliphatic carbocycles. The molecule has 35 heavy (non-hydrogen) atoms. The van der Waals surface area contributed by atoms with Crippen molar-refractivity contribution >= 4 is 40.7 Å². The zero-order valence-electron chi connectivity index (χ0n) is 18.9. The molecule has 182 valence electrons. The number of benzene rings is 3. The number of para-hydroxylation sites is 1. The van der Waals surface area contributed by atoms with E-state index in [2.05, 4.69) is 10.6 Å². The number of anilines is 2. The summed E-state index contributed by atoms with van der Waals surface area (Å²) >= 11 is 6.16. The number of rotatable bonds is 11. The Labute approximate surface area is 207 Å². The van der Waals surface area contributed by atoms with Crippen molar-refractivity contribution in [3.8, 4) is 11.5 Å². The molecular formula is C25H25ClN4O5. The van der Waals surface area contributed by atoms with Crippen molar-refractivity contribution in [2.45, 2.75) is 13.5 Å². The van der Waals surface area contributed by atoms with E-state index in [0.717, 1.165) is 0 Å². The van der Waals surface area contributed by atoms with Gasteiger partial charge in [-0.05, 0) is 43.3 Å². The lowest BCUT2D eigenvalue weighted by Gasteiger charge is -2.17. The Hall–Kier alpha value is -4.24. The Morgan fingerprint density at radius 2 is 1.74 bits per heavy atom. The molecule has 0 aliphatic heterocycles. The lowest BCUT2D eigenvalue weighted by Crippen LogP contribution is -2.15. The number of aliphatic carboxylic acids is 1. The molecular weight excluding hydrogens is 472 g/mol. The molecule has 0 heterocycles. The highest BCUT2D eigenvalue weighted by molar-refractivity contribution is 6.31. The second kappa shape index (κ2) is 11.8. The molecule has 0 radical (unpaired) electrons. The molecule has 1 amide bonds. The molecule has 0 fully saturated rings. The number of carbonyl (C=O) groups is 2. The van der Waals surface area contributed by atoms with E-state index in [1.54, 1.807) is 60.7 Å². The van der Waals surface area contributed by atoms with Gasteiger partial charge in [0.25, 0.3) is 5.91 Å². The average Bonchev–Trinajstić information content (AvgIpc) is 2.83. The van der Waals surface area contributed by atoms with Crippen molar-refractivity contribution in [1.29, 1.82) is 5.41 Å². The first-order valence-corrected chi connectivity index (χ1v) is 11.0. The third kappa shape index (κ3) is 6.87. The third-order valence-electron chi connectivity index (χ3n) is 4.86. The molecule has 3 aromatic carbocycles. The van der Waals surface area contributed by atoms with E-state index < -0.39 is 12.6 Å². The molecule has 0 atom stereocenters. The van der Waals surface area contributed by atoms with Crippen molar-refractivity contribution in [3.05, 3.63) is 82.4 Å². The van der Waals surface area contributed by atoms with Crippen LogP contribution in [0, 0.1) is 5.41 Å². The van der Waals surface area contributed by atoms with Gasteiger partial charge in [0.2, 0.25) is 0 Å². The summed E-state index contributed by atoms with van der Waals surface area (Å²) in [5.74, 6) is -0.789. The lowest BCUT2D eigenvalue weighted by atomic mass is 10.1. The summed E-state index contributed by atoms with van der Waals surface area (Å²) in [7, 11) is 0. The van der Waals surface area contributed by atoms with Crippen LogP contribution < -0.4 is 25.8 Å². The molecule has 9 nitrogen and oxygen atoms in total. The second-order valence-corrected chi connectivity index (χ2v) is 7.78. The summed E-state index contributed by atoms with van der Waals surface area (Å²) in [5, 5.41) is 23.0. The summed E-state index contributed by atoms with van der Waals surface area (Å²) in [6, 6.07) is 16.6. The molecule has 0 unspecified atom stereocenters. The number of nitrogen functional groups attached to an aromatic ring is 1. The van der Waals surface area contributed by atoms with Crippen molar-refractivity contribution in [3.63, 3.8) is 0 Å². The number of carboxylic acids is 1.